The van der Waals surface area contributed by atoms with E-state index in [-0.39, 0.29) is 33.9 Å². The first-order valence-electron chi connectivity index (χ1n) is 9.43. The van der Waals surface area contributed by atoms with Crippen molar-refractivity contribution in [2.24, 2.45) is 11.5 Å². The first-order chi connectivity index (χ1) is 15.1. The maximum atomic E-state index is 11.2. The summed E-state index contributed by atoms with van der Waals surface area (Å²) in [6.07, 6.45) is 0. The van der Waals surface area contributed by atoms with Crippen LogP contribution in [0.5, 0.6) is 0 Å². The van der Waals surface area contributed by atoms with Gasteiger partial charge in [0.2, 0.25) is 11.8 Å². The molecule has 2 rings (SSSR count). The van der Waals surface area contributed by atoms with E-state index in [1.54, 1.807) is 0 Å². The second kappa shape index (κ2) is 10.7. The molecule has 0 saturated carbocycles. The summed E-state index contributed by atoms with van der Waals surface area (Å²) in [6, 6.07) is 7.90. The van der Waals surface area contributed by atoms with Gasteiger partial charge in [-0.25, -0.2) is 0 Å². The van der Waals surface area contributed by atoms with Gasteiger partial charge in [0.1, 0.15) is 11.4 Å². The lowest BCUT2D eigenvalue weighted by atomic mass is 10.1. The summed E-state index contributed by atoms with van der Waals surface area (Å²) in [5.41, 5.74) is 10.4. The van der Waals surface area contributed by atoms with Gasteiger partial charge in [0.25, 0.3) is 11.4 Å². The highest BCUT2D eigenvalue weighted by atomic mass is 16.6. The summed E-state index contributed by atoms with van der Waals surface area (Å²) in [7, 11) is 1.82. The number of rotatable bonds is 12. The van der Waals surface area contributed by atoms with Crippen molar-refractivity contribution in [3.8, 4) is 0 Å². The summed E-state index contributed by atoms with van der Waals surface area (Å²) < 4.78 is 0. The van der Waals surface area contributed by atoms with Crippen molar-refractivity contribution in [3.05, 3.63) is 67.8 Å². The Hall–Kier alpha value is -4.26. The molecule has 13 heteroatoms. The second-order valence-electron chi connectivity index (χ2n) is 6.86. The Morgan fingerprint density at radius 3 is 1.53 bits per heavy atom. The Kier molecular flexibility index (Phi) is 8.01. The van der Waals surface area contributed by atoms with E-state index in [4.69, 9.17) is 11.5 Å². The molecule has 170 valence electrons. The van der Waals surface area contributed by atoms with Crippen LogP contribution in [0.25, 0.3) is 0 Å². The molecule has 32 heavy (non-hydrogen) atoms. The molecule has 2 aromatic carbocycles. The molecule has 0 radical (unpaired) electrons. The number of likely N-dealkylation sites (N-methyl/N-ethyl adjacent to an activating group) is 1. The molecule has 2 aromatic rings. The molecule has 0 atom stereocenters. The van der Waals surface area contributed by atoms with Crippen LogP contribution in [0.3, 0.4) is 0 Å². The first kappa shape index (κ1) is 24.0. The summed E-state index contributed by atoms with van der Waals surface area (Å²) in [6.45, 7) is 1.78. The maximum absolute atomic E-state index is 11.2. The number of primary amides is 2. The molecule has 13 nitrogen and oxygen atoms in total. The van der Waals surface area contributed by atoms with E-state index in [9.17, 15) is 29.8 Å². The molecule has 2 amide bonds. The highest BCUT2D eigenvalue weighted by Crippen LogP contribution is 2.26. The lowest BCUT2D eigenvalue weighted by molar-refractivity contribution is -0.384. The predicted molar refractivity (Wildman–Crippen MR) is 118 cm³/mol. The molecular weight excluding hydrogens is 422 g/mol. The minimum atomic E-state index is -0.753. The highest BCUT2D eigenvalue weighted by molar-refractivity contribution is 5.95. The van der Waals surface area contributed by atoms with Crippen LogP contribution in [-0.2, 0) is 0 Å². The smallest absolute Gasteiger partial charge is 0.293 e. The number of benzene rings is 2. The van der Waals surface area contributed by atoms with E-state index >= 15 is 0 Å². The number of nitrogens with zero attached hydrogens (tertiary/aromatic N) is 3. The molecule has 0 bridgehead atoms. The summed E-state index contributed by atoms with van der Waals surface area (Å²) in [5.74, 6) is -1.51. The first-order valence-corrected chi connectivity index (χ1v) is 9.43. The maximum Gasteiger partial charge on any atom is 0.293 e. The Labute approximate surface area is 182 Å². The zero-order valence-electron chi connectivity index (χ0n) is 17.2. The highest BCUT2D eigenvalue weighted by Gasteiger charge is 2.17. The zero-order valence-corrected chi connectivity index (χ0v) is 17.2. The number of nitro benzene ring substituents is 2. The molecule has 6 N–H and O–H groups in total. The number of amides is 2. The van der Waals surface area contributed by atoms with E-state index in [0.717, 1.165) is 12.1 Å². The third kappa shape index (κ3) is 6.37. The Balaban J connectivity index is 1.88. The number of anilines is 2. The van der Waals surface area contributed by atoms with E-state index in [1.165, 1.54) is 24.3 Å². The summed E-state index contributed by atoms with van der Waals surface area (Å²) >= 11 is 0. The Morgan fingerprint density at radius 1 is 0.844 bits per heavy atom. The molecule has 0 aliphatic carbocycles. The van der Waals surface area contributed by atoms with E-state index in [1.807, 2.05) is 11.9 Å². The SMILES string of the molecule is CN(CCNc1ccc(C(N)=O)cc1[N+](=O)[O-])CCNc1ccc(C(N)=O)cc1[N+](=O)[O-]. The van der Waals surface area contributed by atoms with E-state index in [2.05, 4.69) is 10.6 Å². The number of nitrogens with two attached hydrogens (primary N) is 2. The third-order valence-corrected chi connectivity index (χ3v) is 4.58. The lowest BCUT2D eigenvalue weighted by Crippen LogP contribution is -2.30. The van der Waals surface area contributed by atoms with Gasteiger partial charge in [0, 0.05) is 49.4 Å². The van der Waals surface area contributed by atoms with Gasteiger partial charge >= 0.3 is 0 Å². The number of hydrogen-bond donors (Lipinski definition) is 4. The minimum Gasteiger partial charge on any atom is -0.378 e. The van der Waals surface area contributed by atoms with Gasteiger partial charge in [-0.15, -0.1) is 0 Å². The fraction of sp³-hybridized carbons (Fsp3) is 0.263. The molecule has 0 fully saturated rings. The summed E-state index contributed by atoms with van der Waals surface area (Å²) in [5, 5.41) is 28.4. The monoisotopic (exact) mass is 445 g/mol. The molecule has 0 saturated heterocycles. The largest absolute Gasteiger partial charge is 0.378 e. The van der Waals surface area contributed by atoms with Crippen molar-refractivity contribution in [2.45, 2.75) is 0 Å². The van der Waals surface area contributed by atoms with Crippen LogP contribution in [0, 0.1) is 20.2 Å². The van der Waals surface area contributed by atoms with E-state index in [0.29, 0.717) is 26.2 Å². The van der Waals surface area contributed by atoms with Gasteiger partial charge in [-0.3, -0.25) is 29.8 Å². The zero-order chi connectivity index (χ0) is 23.8. The minimum absolute atomic E-state index is 0.0448. The average Bonchev–Trinajstić information content (AvgIpc) is 2.73. The number of carbonyl (C=O) groups excluding carboxylic acids is 2. The molecule has 0 aliphatic heterocycles. The fourth-order valence-corrected chi connectivity index (χ4v) is 2.85. The van der Waals surface area contributed by atoms with Crippen molar-refractivity contribution in [3.63, 3.8) is 0 Å². The molecule has 0 unspecified atom stereocenters. The van der Waals surface area contributed by atoms with Gasteiger partial charge < -0.3 is 27.0 Å². The number of nitrogens with one attached hydrogen (secondary N) is 2. The van der Waals surface area contributed by atoms with Crippen molar-refractivity contribution < 1.29 is 19.4 Å². The quantitative estimate of drug-likeness (QED) is 0.273. The van der Waals surface area contributed by atoms with Crippen LogP contribution < -0.4 is 22.1 Å². The predicted octanol–water partition coefficient (Wildman–Crippen LogP) is 1.16. The van der Waals surface area contributed by atoms with Gasteiger partial charge in [0.15, 0.2) is 0 Å². The third-order valence-electron chi connectivity index (χ3n) is 4.58. The summed E-state index contributed by atoms with van der Waals surface area (Å²) in [4.78, 5) is 45.6. The molecule has 0 spiro atoms. The Morgan fingerprint density at radius 2 is 1.22 bits per heavy atom. The molecule has 0 aromatic heterocycles. The van der Waals surface area contributed by atoms with Crippen molar-refractivity contribution in [2.75, 3.05) is 43.9 Å². The van der Waals surface area contributed by atoms with Crippen LogP contribution in [0.1, 0.15) is 20.7 Å². The lowest BCUT2D eigenvalue weighted by Gasteiger charge is -2.18. The molecule has 0 aliphatic rings. The van der Waals surface area contributed by atoms with Gasteiger partial charge in [-0.2, -0.15) is 0 Å². The molecule has 0 heterocycles. The van der Waals surface area contributed by atoms with Crippen molar-refractivity contribution in [1.82, 2.24) is 4.90 Å². The Bertz CT molecular complexity index is 961. The topological polar surface area (TPSA) is 200 Å². The van der Waals surface area contributed by atoms with Crippen LogP contribution in [0.2, 0.25) is 0 Å². The number of hydrogen-bond acceptors (Lipinski definition) is 9. The van der Waals surface area contributed by atoms with Crippen molar-refractivity contribution >= 4 is 34.6 Å². The van der Waals surface area contributed by atoms with Crippen molar-refractivity contribution in [1.29, 1.82) is 0 Å². The number of carbonyl (C=O) groups is 2. The van der Waals surface area contributed by atoms with Gasteiger partial charge in [-0.1, -0.05) is 0 Å². The second-order valence-corrected chi connectivity index (χ2v) is 6.86. The van der Waals surface area contributed by atoms with E-state index < -0.39 is 21.7 Å². The van der Waals surface area contributed by atoms with Crippen LogP contribution in [0.4, 0.5) is 22.7 Å². The van der Waals surface area contributed by atoms with Crippen LogP contribution in [-0.4, -0.2) is 59.8 Å². The van der Waals surface area contributed by atoms with Crippen LogP contribution >= 0.6 is 0 Å². The van der Waals surface area contributed by atoms with Gasteiger partial charge in [0.05, 0.1) is 9.85 Å². The normalized spacial score (nSPS) is 10.6. The standard InChI is InChI=1S/C19H23N7O6/c1-24(8-6-22-14-4-2-12(18(20)27)10-16(14)25(29)30)9-7-23-15-5-3-13(19(21)28)11-17(15)26(31)32/h2-5,10-11,22-23H,6-9H2,1H3,(H2,20,27)(H2,21,28). The molecular formula is C19H23N7O6. The fourth-order valence-electron chi connectivity index (χ4n) is 2.85. The number of nitro groups is 2. The van der Waals surface area contributed by atoms with Crippen LogP contribution in [0.15, 0.2) is 36.4 Å². The van der Waals surface area contributed by atoms with Gasteiger partial charge in [-0.05, 0) is 31.3 Å². The average molecular weight is 445 g/mol.